The normalized spacial score (nSPS) is 10.1. The summed E-state index contributed by atoms with van der Waals surface area (Å²) in [5.74, 6) is -1.31. The minimum Gasteiger partial charge on any atom is -0.341 e. The number of anilines is 2. The molecule has 0 heterocycles. The van der Waals surface area contributed by atoms with Crippen molar-refractivity contribution in [3.63, 3.8) is 0 Å². The number of hydrogen-bond donors (Lipinski definition) is 3. The van der Waals surface area contributed by atoms with Gasteiger partial charge in [-0.1, -0.05) is 24.3 Å². The maximum absolute atomic E-state index is 13.1. The fourth-order valence-electron chi connectivity index (χ4n) is 2.70. The van der Waals surface area contributed by atoms with Gasteiger partial charge in [-0.3, -0.25) is 9.59 Å². The van der Waals surface area contributed by atoms with E-state index >= 15 is 0 Å². The summed E-state index contributed by atoms with van der Waals surface area (Å²) in [5.41, 5.74) is 1.62. The summed E-state index contributed by atoms with van der Waals surface area (Å²) >= 11 is 0. The average Bonchev–Trinajstić information content (AvgIpc) is 2.74. The molecule has 0 aromatic heterocycles. The summed E-state index contributed by atoms with van der Waals surface area (Å²) in [4.78, 5) is 37.0. The van der Waals surface area contributed by atoms with Gasteiger partial charge in [0.2, 0.25) is 0 Å². The van der Waals surface area contributed by atoms with Crippen molar-refractivity contribution >= 4 is 29.1 Å². The van der Waals surface area contributed by atoms with Crippen LogP contribution in [0.25, 0.3) is 0 Å². The maximum atomic E-state index is 13.1. The summed E-state index contributed by atoms with van der Waals surface area (Å²) in [6.45, 7) is 0. The van der Waals surface area contributed by atoms with Gasteiger partial charge in [0.1, 0.15) is 5.82 Å². The highest BCUT2D eigenvalue weighted by molar-refractivity contribution is 6.17. The first-order chi connectivity index (χ1) is 14.0. The number of amides is 3. The second-order valence-corrected chi connectivity index (χ2v) is 6.12. The van der Waals surface area contributed by atoms with E-state index in [1.54, 1.807) is 48.5 Å². The lowest BCUT2D eigenvalue weighted by molar-refractivity contribution is 0.0996. The average molecular weight is 391 g/mol. The van der Waals surface area contributed by atoms with E-state index in [2.05, 4.69) is 16.0 Å². The third-order valence-corrected chi connectivity index (χ3v) is 4.13. The van der Waals surface area contributed by atoms with Crippen LogP contribution >= 0.6 is 0 Å². The number of carbonyl (C=O) groups excluding carboxylic acids is 3. The Morgan fingerprint density at radius 3 is 2.03 bits per heavy atom. The summed E-state index contributed by atoms with van der Waals surface area (Å²) in [6, 6.07) is 17.8. The van der Waals surface area contributed by atoms with E-state index in [0.717, 1.165) is 0 Å². The molecule has 3 rings (SSSR count). The molecule has 0 saturated heterocycles. The molecule has 0 atom stereocenters. The van der Waals surface area contributed by atoms with Crippen LogP contribution in [0.3, 0.4) is 0 Å². The topological polar surface area (TPSA) is 87.3 Å². The van der Waals surface area contributed by atoms with Crippen LogP contribution in [0.15, 0.2) is 72.8 Å². The van der Waals surface area contributed by atoms with Gasteiger partial charge < -0.3 is 16.0 Å². The van der Waals surface area contributed by atoms with Gasteiger partial charge in [-0.2, -0.15) is 0 Å². The largest absolute Gasteiger partial charge is 0.341 e. The lowest BCUT2D eigenvalue weighted by Crippen LogP contribution is -2.24. The molecule has 0 spiro atoms. The van der Waals surface area contributed by atoms with Gasteiger partial charge in [0.15, 0.2) is 5.78 Å². The van der Waals surface area contributed by atoms with Crippen LogP contribution < -0.4 is 16.0 Å². The minimum atomic E-state index is -0.479. The number of nitrogens with one attached hydrogen (secondary N) is 3. The fraction of sp³-hybridized carbons (Fsp3) is 0.0455. The summed E-state index contributed by atoms with van der Waals surface area (Å²) in [7, 11) is 1.50. The Kier molecular flexibility index (Phi) is 5.99. The third kappa shape index (κ3) is 4.84. The van der Waals surface area contributed by atoms with E-state index in [0.29, 0.717) is 11.4 Å². The number of rotatable bonds is 5. The summed E-state index contributed by atoms with van der Waals surface area (Å²) in [5, 5.41) is 7.78. The molecule has 0 saturated carbocycles. The Hall–Kier alpha value is -4.00. The van der Waals surface area contributed by atoms with Crippen molar-refractivity contribution < 1.29 is 18.8 Å². The fourth-order valence-corrected chi connectivity index (χ4v) is 2.70. The Morgan fingerprint density at radius 1 is 0.759 bits per heavy atom. The zero-order valence-corrected chi connectivity index (χ0v) is 15.5. The van der Waals surface area contributed by atoms with Crippen molar-refractivity contribution in [3.05, 3.63) is 95.3 Å². The summed E-state index contributed by atoms with van der Waals surface area (Å²) in [6.07, 6.45) is 0. The molecule has 3 N–H and O–H groups in total. The van der Waals surface area contributed by atoms with Gasteiger partial charge in [-0.25, -0.2) is 9.18 Å². The summed E-state index contributed by atoms with van der Waals surface area (Å²) < 4.78 is 13.1. The molecule has 0 aliphatic rings. The van der Waals surface area contributed by atoms with Crippen molar-refractivity contribution in [1.29, 1.82) is 0 Å². The molecule has 0 fully saturated rings. The van der Waals surface area contributed by atoms with Gasteiger partial charge >= 0.3 is 6.03 Å². The molecule has 6 nitrogen and oxygen atoms in total. The van der Waals surface area contributed by atoms with Gasteiger partial charge in [-0.05, 0) is 48.5 Å². The number of hydrogen-bond acceptors (Lipinski definition) is 3. The van der Waals surface area contributed by atoms with Gasteiger partial charge in [-0.15, -0.1) is 0 Å². The van der Waals surface area contributed by atoms with Crippen LogP contribution in [-0.4, -0.2) is 24.8 Å². The molecule has 3 amide bonds. The minimum absolute atomic E-state index is 0.187. The van der Waals surface area contributed by atoms with Crippen LogP contribution in [0.1, 0.15) is 26.3 Å². The SMILES string of the molecule is CNC(=O)Nc1cccc(NC(=O)c2ccccc2C(=O)c2ccc(F)cc2)c1. The molecule has 7 heteroatoms. The highest BCUT2D eigenvalue weighted by Gasteiger charge is 2.18. The second kappa shape index (κ2) is 8.79. The molecule has 0 bridgehead atoms. The number of benzene rings is 3. The molecule has 146 valence electrons. The van der Waals surface area contributed by atoms with E-state index in [9.17, 15) is 18.8 Å². The molecule has 0 aliphatic heterocycles. The van der Waals surface area contributed by atoms with Crippen molar-refractivity contribution in [2.24, 2.45) is 0 Å². The van der Waals surface area contributed by atoms with Crippen LogP contribution in [0.4, 0.5) is 20.6 Å². The van der Waals surface area contributed by atoms with E-state index in [-0.39, 0.29) is 28.5 Å². The standard InChI is InChI=1S/C22H18FN3O3/c1-24-22(29)26-17-6-4-5-16(13-17)25-21(28)19-8-3-2-7-18(19)20(27)14-9-11-15(23)12-10-14/h2-13H,1H3,(H,25,28)(H2,24,26,29). The highest BCUT2D eigenvalue weighted by atomic mass is 19.1. The van der Waals surface area contributed by atoms with Crippen LogP contribution in [-0.2, 0) is 0 Å². The number of halogens is 1. The van der Waals surface area contributed by atoms with E-state index in [4.69, 9.17) is 0 Å². The van der Waals surface area contributed by atoms with Crippen molar-refractivity contribution in [1.82, 2.24) is 5.32 Å². The van der Waals surface area contributed by atoms with Crippen LogP contribution in [0.5, 0.6) is 0 Å². The second-order valence-electron chi connectivity index (χ2n) is 6.12. The van der Waals surface area contributed by atoms with E-state index in [1.165, 1.54) is 31.3 Å². The smallest absolute Gasteiger partial charge is 0.318 e. The molecular formula is C22H18FN3O3. The first-order valence-corrected chi connectivity index (χ1v) is 8.77. The van der Waals surface area contributed by atoms with Crippen LogP contribution in [0, 0.1) is 5.82 Å². The van der Waals surface area contributed by atoms with Gasteiger partial charge in [0.25, 0.3) is 5.91 Å². The molecule has 0 radical (unpaired) electrons. The third-order valence-electron chi connectivity index (χ3n) is 4.13. The zero-order valence-electron chi connectivity index (χ0n) is 15.5. The number of carbonyl (C=O) groups is 3. The number of urea groups is 1. The first kappa shape index (κ1) is 19.8. The molecule has 0 unspecified atom stereocenters. The first-order valence-electron chi connectivity index (χ1n) is 8.77. The molecule has 3 aromatic carbocycles. The molecule has 0 aliphatic carbocycles. The quantitative estimate of drug-likeness (QED) is 0.573. The molecule has 3 aromatic rings. The van der Waals surface area contributed by atoms with Crippen molar-refractivity contribution in [2.75, 3.05) is 17.7 Å². The molecular weight excluding hydrogens is 373 g/mol. The van der Waals surface area contributed by atoms with Gasteiger partial charge in [0, 0.05) is 29.5 Å². The monoisotopic (exact) mass is 391 g/mol. The number of ketones is 1. The predicted molar refractivity (Wildman–Crippen MR) is 109 cm³/mol. The zero-order chi connectivity index (χ0) is 20.8. The Balaban J connectivity index is 1.84. The van der Waals surface area contributed by atoms with E-state index in [1.807, 2.05) is 0 Å². The maximum Gasteiger partial charge on any atom is 0.318 e. The Morgan fingerprint density at radius 2 is 1.38 bits per heavy atom. The van der Waals surface area contributed by atoms with Crippen molar-refractivity contribution in [2.45, 2.75) is 0 Å². The Bertz CT molecular complexity index is 1060. The van der Waals surface area contributed by atoms with Gasteiger partial charge in [0.05, 0.1) is 5.56 Å². The highest BCUT2D eigenvalue weighted by Crippen LogP contribution is 2.19. The van der Waals surface area contributed by atoms with Crippen molar-refractivity contribution in [3.8, 4) is 0 Å². The van der Waals surface area contributed by atoms with E-state index < -0.39 is 11.7 Å². The lowest BCUT2D eigenvalue weighted by Gasteiger charge is -2.11. The van der Waals surface area contributed by atoms with Crippen LogP contribution in [0.2, 0.25) is 0 Å². The lowest BCUT2D eigenvalue weighted by atomic mass is 9.98. The Labute approximate surface area is 166 Å². The predicted octanol–water partition coefficient (Wildman–Crippen LogP) is 4.06. The molecule has 29 heavy (non-hydrogen) atoms.